The molecule has 2 aliphatic heterocycles. The quantitative estimate of drug-likeness (QED) is 0.568. The van der Waals surface area contributed by atoms with Gasteiger partial charge in [-0.25, -0.2) is 18.4 Å². The molecule has 2 saturated heterocycles. The summed E-state index contributed by atoms with van der Waals surface area (Å²) in [5, 5.41) is 12.2. The average molecular weight is 517 g/mol. The highest BCUT2D eigenvalue weighted by molar-refractivity contribution is 5.90. The summed E-state index contributed by atoms with van der Waals surface area (Å²) in [6.07, 6.45) is -1.99. The lowest BCUT2D eigenvalue weighted by Gasteiger charge is -2.37. The Hall–Kier alpha value is -3.24. The molecule has 2 heterocycles. The maximum Gasteiger partial charge on any atom is 0.414 e. The minimum Gasteiger partial charge on any atom is -0.444 e. The van der Waals surface area contributed by atoms with Gasteiger partial charge < -0.3 is 19.9 Å². The maximum atomic E-state index is 15.7. The number of hydrogen-bond donors (Lipinski definition) is 2. The largest absolute Gasteiger partial charge is 0.444 e. The van der Waals surface area contributed by atoms with Crippen LogP contribution in [0.15, 0.2) is 42.5 Å². The lowest BCUT2D eigenvalue weighted by atomic mass is 10.1. The number of alkyl carbamates (subject to hydrolysis) is 1. The molecule has 2 N–H and O–H groups in total. The number of benzene rings is 2. The van der Waals surface area contributed by atoms with Crippen molar-refractivity contribution >= 4 is 23.6 Å². The number of likely N-dealkylation sites (tertiary alicyclic amines) is 1. The number of hydrogen-bond acceptors (Lipinski definition) is 5. The van der Waals surface area contributed by atoms with E-state index in [1.807, 2.05) is 30.3 Å². The standard InChI is InChI=1S/C27H31F2N3O5/c1-27(2,3)37-25(34)30-23-19-13-32(14-20(19)23,12-16-7-5-4-6-8-16)24-21(28)9-17(10-22(24)29)31-11-18(15-33)36-26(31)35/h4-10,18-20,23,33H,11-15H2,1-3H3/p+1/t18-,19-,20+,23?,32?/m1/s1. The fourth-order valence-corrected chi connectivity index (χ4v) is 5.79. The normalized spacial score (nSPS) is 28.6. The SMILES string of the molecule is CC(C)(C)OC(=O)NC1[C@H]2C[N+](Cc3ccccc3)(c3c(F)cc(N4C[C@H](CO)OC4=O)cc3F)C[C@@H]12. The van der Waals surface area contributed by atoms with Gasteiger partial charge in [-0.3, -0.25) is 9.38 Å². The Bertz CT molecular complexity index is 1170. The van der Waals surface area contributed by atoms with Gasteiger partial charge in [0, 0.05) is 35.6 Å². The van der Waals surface area contributed by atoms with Crippen LogP contribution in [0.25, 0.3) is 0 Å². The molecule has 1 aliphatic carbocycles. The van der Waals surface area contributed by atoms with Crippen molar-refractivity contribution in [3.05, 3.63) is 59.7 Å². The Balaban J connectivity index is 1.42. The molecular formula is C27H32F2N3O5+. The van der Waals surface area contributed by atoms with Gasteiger partial charge in [-0.15, -0.1) is 0 Å². The van der Waals surface area contributed by atoms with E-state index < -0.39 is 35.5 Å². The van der Waals surface area contributed by atoms with Crippen molar-refractivity contribution in [2.75, 3.05) is 31.1 Å². The Morgan fingerprint density at radius 2 is 1.78 bits per heavy atom. The number of fused-ring (bicyclic) bond motifs is 1. The van der Waals surface area contributed by atoms with Crippen LogP contribution in [0.5, 0.6) is 0 Å². The van der Waals surface area contributed by atoms with Gasteiger partial charge >= 0.3 is 12.2 Å². The molecule has 2 aromatic rings. The van der Waals surface area contributed by atoms with Crippen LogP contribution in [0, 0.1) is 23.5 Å². The number of halogens is 2. The number of ether oxygens (including phenoxy) is 2. The lowest BCUT2D eigenvalue weighted by molar-refractivity contribution is 0.0513. The fraction of sp³-hybridized carbons (Fsp3) is 0.481. The highest BCUT2D eigenvalue weighted by atomic mass is 19.1. The molecule has 8 nitrogen and oxygen atoms in total. The Morgan fingerprint density at radius 1 is 1.16 bits per heavy atom. The molecule has 0 spiro atoms. The highest BCUT2D eigenvalue weighted by Gasteiger charge is 2.65. The first kappa shape index (κ1) is 25.4. The van der Waals surface area contributed by atoms with Crippen molar-refractivity contribution in [3.63, 3.8) is 0 Å². The van der Waals surface area contributed by atoms with E-state index in [1.165, 1.54) is 0 Å². The molecule has 5 rings (SSSR count). The zero-order chi connectivity index (χ0) is 26.5. The molecule has 10 heteroatoms. The Kier molecular flexibility index (Phi) is 6.35. The van der Waals surface area contributed by atoms with Crippen molar-refractivity contribution in [1.82, 2.24) is 9.80 Å². The van der Waals surface area contributed by atoms with E-state index in [0.717, 1.165) is 22.6 Å². The molecule has 0 radical (unpaired) electrons. The molecule has 0 bridgehead atoms. The number of anilines is 1. The number of carbonyl (C=O) groups excluding carboxylic acids is 2. The van der Waals surface area contributed by atoms with Gasteiger partial charge in [0.1, 0.15) is 18.2 Å². The van der Waals surface area contributed by atoms with Crippen LogP contribution in [0.4, 0.5) is 29.7 Å². The van der Waals surface area contributed by atoms with Crippen LogP contribution in [0.1, 0.15) is 26.3 Å². The van der Waals surface area contributed by atoms with Crippen LogP contribution < -0.4 is 14.7 Å². The van der Waals surface area contributed by atoms with Crippen molar-refractivity contribution in [2.45, 2.75) is 45.1 Å². The number of amides is 2. The second-order valence-corrected chi connectivity index (χ2v) is 11.2. The molecular weight excluding hydrogens is 484 g/mol. The van der Waals surface area contributed by atoms with E-state index in [1.54, 1.807) is 20.8 Å². The smallest absolute Gasteiger partial charge is 0.414 e. The van der Waals surface area contributed by atoms with Gasteiger partial charge in [0.05, 0.1) is 31.9 Å². The van der Waals surface area contributed by atoms with Gasteiger partial charge in [-0.1, -0.05) is 30.3 Å². The van der Waals surface area contributed by atoms with Crippen LogP contribution in [0.3, 0.4) is 0 Å². The van der Waals surface area contributed by atoms with Crippen LogP contribution in [-0.4, -0.2) is 61.3 Å². The summed E-state index contributed by atoms with van der Waals surface area (Å²) in [4.78, 5) is 25.6. The predicted octanol–water partition coefficient (Wildman–Crippen LogP) is 3.94. The number of cyclic esters (lactones) is 1. The van der Waals surface area contributed by atoms with Crippen LogP contribution in [-0.2, 0) is 16.0 Å². The maximum absolute atomic E-state index is 15.7. The first-order valence-electron chi connectivity index (χ1n) is 12.5. The van der Waals surface area contributed by atoms with Gasteiger partial charge in [-0.05, 0) is 20.8 Å². The van der Waals surface area contributed by atoms with Crippen LogP contribution in [0.2, 0.25) is 0 Å². The lowest BCUT2D eigenvalue weighted by Crippen LogP contribution is -2.51. The molecule has 198 valence electrons. The third-order valence-electron chi connectivity index (χ3n) is 7.33. The summed E-state index contributed by atoms with van der Waals surface area (Å²) < 4.78 is 41.9. The second kappa shape index (κ2) is 9.25. The number of carbonyl (C=O) groups is 2. The van der Waals surface area contributed by atoms with E-state index >= 15 is 8.78 Å². The molecule has 3 aliphatic rings. The molecule has 1 saturated carbocycles. The van der Waals surface area contributed by atoms with Gasteiger partial charge in [0.15, 0.2) is 11.6 Å². The Morgan fingerprint density at radius 3 is 2.32 bits per heavy atom. The number of rotatable bonds is 6. The summed E-state index contributed by atoms with van der Waals surface area (Å²) in [5.74, 6) is -1.37. The average Bonchev–Trinajstić information content (AvgIpc) is 3.13. The van der Waals surface area contributed by atoms with Crippen molar-refractivity contribution in [3.8, 4) is 0 Å². The molecule has 2 unspecified atom stereocenters. The number of nitrogens with one attached hydrogen (secondary N) is 1. The first-order chi connectivity index (χ1) is 17.5. The summed E-state index contributed by atoms with van der Waals surface area (Å²) in [7, 11) is 0. The predicted molar refractivity (Wildman–Crippen MR) is 133 cm³/mol. The highest BCUT2D eigenvalue weighted by Crippen LogP contribution is 2.53. The van der Waals surface area contributed by atoms with Crippen molar-refractivity contribution < 1.29 is 33.0 Å². The van der Waals surface area contributed by atoms with Gasteiger partial charge in [0.2, 0.25) is 5.69 Å². The summed E-state index contributed by atoms with van der Waals surface area (Å²) in [5.41, 5.74) is 0.319. The zero-order valence-electron chi connectivity index (χ0n) is 21.1. The Labute approximate surface area is 214 Å². The first-order valence-corrected chi connectivity index (χ1v) is 12.5. The van der Waals surface area contributed by atoms with E-state index in [-0.39, 0.29) is 46.9 Å². The van der Waals surface area contributed by atoms with Crippen molar-refractivity contribution in [2.24, 2.45) is 11.8 Å². The molecule has 3 fully saturated rings. The topological polar surface area (TPSA) is 88.1 Å². The summed E-state index contributed by atoms with van der Waals surface area (Å²) in [6, 6.07) is 11.7. The minimum atomic E-state index is -0.753. The number of aliphatic hydroxyl groups is 1. The number of aliphatic hydroxyl groups excluding tert-OH is 1. The summed E-state index contributed by atoms with van der Waals surface area (Å²) in [6.45, 7) is 6.31. The van der Waals surface area contributed by atoms with Crippen LogP contribution >= 0.6 is 0 Å². The molecule has 37 heavy (non-hydrogen) atoms. The molecule has 5 atom stereocenters. The third-order valence-corrected chi connectivity index (χ3v) is 7.33. The van der Waals surface area contributed by atoms with E-state index in [4.69, 9.17) is 9.47 Å². The van der Waals surface area contributed by atoms with E-state index in [2.05, 4.69) is 5.32 Å². The number of quaternary nitrogens is 1. The molecule has 2 amide bonds. The third kappa shape index (κ3) is 5.00. The van der Waals surface area contributed by atoms with E-state index in [0.29, 0.717) is 19.6 Å². The zero-order valence-corrected chi connectivity index (χ0v) is 21.1. The van der Waals surface area contributed by atoms with E-state index in [9.17, 15) is 14.7 Å². The monoisotopic (exact) mass is 516 g/mol. The van der Waals surface area contributed by atoms with Gasteiger partial charge in [0.25, 0.3) is 0 Å². The van der Waals surface area contributed by atoms with Crippen molar-refractivity contribution in [1.29, 1.82) is 0 Å². The summed E-state index contributed by atoms with van der Waals surface area (Å²) >= 11 is 0. The molecule has 2 aromatic carbocycles. The fourth-order valence-electron chi connectivity index (χ4n) is 5.79. The number of piperidine rings is 1. The minimum absolute atomic E-state index is 0.0136. The second-order valence-electron chi connectivity index (χ2n) is 11.2. The number of nitrogens with zero attached hydrogens (tertiary/aromatic N) is 2. The van der Waals surface area contributed by atoms with Gasteiger partial charge in [-0.2, -0.15) is 0 Å². The molecule has 0 aromatic heterocycles.